The molecule has 0 aromatic carbocycles. The minimum atomic E-state index is -3.70. The smallest absolute Gasteiger partial charge is 0.257 e. The van der Waals surface area contributed by atoms with Crippen LogP contribution in [0.5, 0.6) is 0 Å². The summed E-state index contributed by atoms with van der Waals surface area (Å²) in [6.07, 6.45) is 5.08. The number of sulfonamides is 1. The van der Waals surface area contributed by atoms with Crippen LogP contribution in [0.3, 0.4) is 0 Å². The Morgan fingerprint density at radius 3 is 2.74 bits per heavy atom. The van der Waals surface area contributed by atoms with Crippen LogP contribution in [-0.4, -0.2) is 42.6 Å². The van der Waals surface area contributed by atoms with Gasteiger partial charge in [0.2, 0.25) is 10.0 Å². The topological polar surface area (TPSA) is 90.3 Å². The maximum atomic E-state index is 12.0. The molecule has 0 bridgehead atoms. The molecule has 0 aliphatic carbocycles. The molecular weight excluding hydrogens is 318 g/mol. The molecule has 1 amide bonds. The Hall–Kier alpha value is -1.67. The minimum absolute atomic E-state index is 0.183. The van der Waals surface area contributed by atoms with Crippen molar-refractivity contribution >= 4 is 22.0 Å². The summed E-state index contributed by atoms with van der Waals surface area (Å²) in [7, 11) is -1.88. The van der Waals surface area contributed by atoms with Crippen LogP contribution in [0.15, 0.2) is 6.08 Å². The van der Waals surface area contributed by atoms with Crippen LogP contribution < -0.4 is 4.72 Å². The molecule has 1 aromatic rings. The Balaban J connectivity index is 1.96. The van der Waals surface area contributed by atoms with E-state index in [2.05, 4.69) is 9.82 Å². The van der Waals surface area contributed by atoms with Crippen LogP contribution in [0.4, 0.5) is 0 Å². The van der Waals surface area contributed by atoms with Gasteiger partial charge in [-0.2, -0.15) is 5.10 Å². The molecule has 0 saturated carbocycles. The van der Waals surface area contributed by atoms with E-state index < -0.39 is 15.9 Å². The first-order valence-corrected chi connectivity index (χ1v) is 9.28. The third kappa shape index (κ3) is 4.90. The van der Waals surface area contributed by atoms with Gasteiger partial charge in [0.15, 0.2) is 0 Å². The predicted molar refractivity (Wildman–Crippen MR) is 87.2 cm³/mol. The standard InChI is InChI=1S/C15H23N3O4S/c1-11-14(12(2)18(3)16-11)7-8-15(19)17-23(20,21)10-13-6-4-5-9-22-13/h7-8,13H,4-6,9-10H2,1-3H3,(H,17,19)/b8-7-/t13-/m1/s1. The number of rotatable bonds is 5. The number of carbonyl (C=O) groups excluding carboxylic acids is 1. The summed E-state index contributed by atoms with van der Waals surface area (Å²) in [5.74, 6) is -0.846. The van der Waals surface area contributed by atoms with E-state index in [4.69, 9.17) is 4.74 Å². The van der Waals surface area contributed by atoms with Crippen molar-refractivity contribution in [1.82, 2.24) is 14.5 Å². The molecule has 128 valence electrons. The molecule has 1 fully saturated rings. The summed E-state index contributed by atoms with van der Waals surface area (Å²) >= 11 is 0. The Morgan fingerprint density at radius 1 is 1.43 bits per heavy atom. The fraction of sp³-hybridized carbons (Fsp3) is 0.600. The lowest BCUT2D eigenvalue weighted by atomic mass is 10.1. The summed E-state index contributed by atoms with van der Waals surface area (Å²) in [5.41, 5.74) is 2.51. The van der Waals surface area contributed by atoms with Gasteiger partial charge in [0, 0.05) is 31.0 Å². The van der Waals surface area contributed by atoms with Crippen molar-refractivity contribution < 1.29 is 17.9 Å². The van der Waals surface area contributed by atoms with E-state index in [1.807, 2.05) is 20.9 Å². The third-order valence-electron chi connectivity index (χ3n) is 3.90. The molecule has 2 heterocycles. The maximum absolute atomic E-state index is 12.0. The third-order valence-corrected chi connectivity index (χ3v) is 5.22. The number of aromatic nitrogens is 2. The van der Waals surface area contributed by atoms with E-state index in [9.17, 15) is 13.2 Å². The van der Waals surface area contributed by atoms with E-state index in [1.165, 1.54) is 6.08 Å². The quantitative estimate of drug-likeness (QED) is 0.809. The summed E-state index contributed by atoms with van der Waals surface area (Å²) in [4.78, 5) is 11.9. The van der Waals surface area contributed by atoms with Crippen molar-refractivity contribution in [1.29, 1.82) is 0 Å². The Kier molecular flexibility index (Phi) is 5.59. The average molecular weight is 341 g/mol. The highest BCUT2D eigenvalue weighted by atomic mass is 32.2. The zero-order chi connectivity index (χ0) is 17.0. The van der Waals surface area contributed by atoms with Crippen molar-refractivity contribution in [3.05, 3.63) is 23.0 Å². The first-order chi connectivity index (χ1) is 10.8. The number of aryl methyl sites for hydroxylation is 2. The first kappa shape index (κ1) is 17.7. The second-order valence-electron chi connectivity index (χ2n) is 5.78. The molecule has 2 rings (SSSR count). The van der Waals surface area contributed by atoms with Crippen LogP contribution in [0, 0.1) is 13.8 Å². The molecule has 1 aromatic heterocycles. The lowest BCUT2D eigenvalue weighted by molar-refractivity contribution is -0.114. The lowest BCUT2D eigenvalue weighted by Gasteiger charge is -2.22. The zero-order valence-electron chi connectivity index (χ0n) is 13.7. The molecule has 7 nitrogen and oxygen atoms in total. The van der Waals surface area contributed by atoms with Crippen molar-refractivity contribution in [3.8, 4) is 0 Å². The molecule has 8 heteroatoms. The van der Waals surface area contributed by atoms with Gasteiger partial charge in [0.1, 0.15) is 0 Å². The van der Waals surface area contributed by atoms with Gasteiger partial charge in [-0.05, 0) is 39.2 Å². The van der Waals surface area contributed by atoms with Crippen molar-refractivity contribution in [2.75, 3.05) is 12.4 Å². The Bertz CT molecular complexity index is 701. The van der Waals surface area contributed by atoms with Gasteiger partial charge in [0.05, 0.1) is 17.6 Å². The molecule has 1 saturated heterocycles. The van der Waals surface area contributed by atoms with Gasteiger partial charge in [0.25, 0.3) is 5.91 Å². The maximum Gasteiger partial charge on any atom is 0.257 e. The Labute approximate surface area is 136 Å². The fourth-order valence-corrected chi connectivity index (χ4v) is 3.81. The summed E-state index contributed by atoms with van der Waals surface area (Å²) in [6, 6.07) is 0. The van der Waals surface area contributed by atoms with Crippen LogP contribution >= 0.6 is 0 Å². The first-order valence-electron chi connectivity index (χ1n) is 7.63. The van der Waals surface area contributed by atoms with E-state index in [0.29, 0.717) is 13.0 Å². The molecule has 0 spiro atoms. The monoisotopic (exact) mass is 341 g/mol. The fourth-order valence-electron chi connectivity index (χ4n) is 2.60. The number of ether oxygens (including phenoxy) is 1. The molecule has 1 atom stereocenters. The van der Waals surface area contributed by atoms with Crippen molar-refractivity contribution in [2.24, 2.45) is 7.05 Å². The largest absolute Gasteiger partial charge is 0.377 e. The normalized spacial score (nSPS) is 19.2. The lowest BCUT2D eigenvalue weighted by Crippen LogP contribution is -2.37. The number of nitrogens with one attached hydrogen (secondary N) is 1. The second-order valence-corrected chi connectivity index (χ2v) is 7.54. The van der Waals surface area contributed by atoms with Gasteiger partial charge in [-0.15, -0.1) is 0 Å². The van der Waals surface area contributed by atoms with E-state index in [0.717, 1.165) is 29.8 Å². The van der Waals surface area contributed by atoms with Gasteiger partial charge in [-0.25, -0.2) is 13.1 Å². The molecule has 23 heavy (non-hydrogen) atoms. The van der Waals surface area contributed by atoms with Crippen LogP contribution in [-0.2, 0) is 26.6 Å². The van der Waals surface area contributed by atoms with Crippen molar-refractivity contribution in [2.45, 2.75) is 39.2 Å². The average Bonchev–Trinajstić information content (AvgIpc) is 2.70. The van der Waals surface area contributed by atoms with Crippen LogP contribution in [0.1, 0.15) is 36.2 Å². The molecule has 1 N–H and O–H groups in total. The molecular formula is C15H23N3O4S. The Morgan fingerprint density at radius 2 is 2.17 bits per heavy atom. The van der Waals surface area contributed by atoms with Crippen molar-refractivity contribution in [3.63, 3.8) is 0 Å². The molecule has 1 aliphatic rings. The summed E-state index contributed by atoms with van der Waals surface area (Å²) in [6.45, 7) is 4.30. The number of hydrogen-bond donors (Lipinski definition) is 1. The highest BCUT2D eigenvalue weighted by Gasteiger charge is 2.23. The molecule has 0 radical (unpaired) electrons. The van der Waals surface area contributed by atoms with Crippen LogP contribution in [0.25, 0.3) is 6.08 Å². The zero-order valence-corrected chi connectivity index (χ0v) is 14.5. The van der Waals surface area contributed by atoms with Crippen LogP contribution in [0.2, 0.25) is 0 Å². The SMILES string of the molecule is Cc1nn(C)c(C)c1/C=C\C(=O)NS(=O)(=O)C[C@H]1CCCCO1. The van der Waals surface area contributed by atoms with Gasteiger partial charge in [-0.3, -0.25) is 9.48 Å². The summed E-state index contributed by atoms with van der Waals surface area (Å²) < 4.78 is 33.2. The number of hydrogen-bond acceptors (Lipinski definition) is 5. The van der Waals surface area contributed by atoms with E-state index in [-0.39, 0.29) is 11.9 Å². The summed E-state index contributed by atoms with van der Waals surface area (Å²) in [5, 5.41) is 4.24. The second kappa shape index (κ2) is 7.27. The minimum Gasteiger partial charge on any atom is -0.377 e. The number of nitrogens with zero attached hydrogens (tertiary/aromatic N) is 2. The molecule has 1 aliphatic heterocycles. The van der Waals surface area contributed by atoms with E-state index >= 15 is 0 Å². The number of amides is 1. The van der Waals surface area contributed by atoms with Gasteiger partial charge in [-0.1, -0.05) is 0 Å². The highest BCUT2D eigenvalue weighted by Crippen LogP contribution is 2.15. The predicted octanol–water partition coefficient (Wildman–Crippen LogP) is 1.07. The molecule has 0 unspecified atom stereocenters. The number of carbonyl (C=O) groups is 1. The van der Waals surface area contributed by atoms with E-state index in [1.54, 1.807) is 10.8 Å². The highest BCUT2D eigenvalue weighted by molar-refractivity contribution is 7.90. The van der Waals surface area contributed by atoms with Gasteiger partial charge >= 0.3 is 0 Å². The van der Waals surface area contributed by atoms with Gasteiger partial charge < -0.3 is 4.74 Å².